The number of hydrogen-bond acceptors (Lipinski definition) is 5. The lowest BCUT2D eigenvalue weighted by Gasteiger charge is -2.27. The van der Waals surface area contributed by atoms with Crippen LogP contribution >= 0.6 is 0 Å². The quantitative estimate of drug-likeness (QED) is 0.296. The number of aliphatic hydroxyl groups is 1. The molecule has 0 bridgehead atoms. The van der Waals surface area contributed by atoms with Crippen LogP contribution in [0.3, 0.4) is 0 Å². The lowest BCUT2D eigenvalue weighted by atomic mass is 10.1. The Hall–Kier alpha value is -2.74. The monoisotopic (exact) mass is 483 g/mol. The third-order valence-corrected chi connectivity index (χ3v) is 5.61. The first-order valence-electron chi connectivity index (χ1n) is 12.4. The summed E-state index contributed by atoms with van der Waals surface area (Å²) >= 11 is 0. The minimum absolute atomic E-state index is 0.144. The van der Waals surface area contributed by atoms with Crippen molar-refractivity contribution in [3.63, 3.8) is 0 Å². The van der Waals surface area contributed by atoms with Gasteiger partial charge in [-0.2, -0.15) is 5.10 Å². The summed E-state index contributed by atoms with van der Waals surface area (Å²) in [6, 6.07) is 16.0. The summed E-state index contributed by atoms with van der Waals surface area (Å²) in [5.74, 6) is 0.575. The Morgan fingerprint density at radius 1 is 1.06 bits per heavy atom. The molecular formula is C28H38FN3O3. The molecule has 0 amide bonds. The van der Waals surface area contributed by atoms with Gasteiger partial charge in [0.05, 0.1) is 29.7 Å². The van der Waals surface area contributed by atoms with Crippen molar-refractivity contribution in [3.05, 3.63) is 71.7 Å². The number of aliphatic hydroxyl groups excluding tert-OH is 1. The van der Waals surface area contributed by atoms with Gasteiger partial charge in [-0.3, -0.25) is 4.90 Å². The van der Waals surface area contributed by atoms with E-state index < -0.39 is 11.9 Å². The maximum Gasteiger partial charge on any atom is 0.227 e. The van der Waals surface area contributed by atoms with E-state index in [9.17, 15) is 9.50 Å². The fourth-order valence-electron chi connectivity index (χ4n) is 3.96. The first-order chi connectivity index (χ1) is 16.9. The number of aromatic nitrogens is 2. The highest BCUT2D eigenvalue weighted by atomic mass is 19.1. The van der Waals surface area contributed by atoms with E-state index in [2.05, 4.69) is 25.7 Å². The van der Waals surface area contributed by atoms with E-state index in [1.165, 1.54) is 6.07 Å². The van der Waals surface area contributed by atoms with Crippen molar-refractivity contribution in [1.82, 2.24) is 14.7 Å². The Bertz CT molecular complexity index is 1040. The minimum Gasteiger partial charge on any atom is -0.435 e. The molecule has 1 atom stereocenters. The van der Waals surface area contributed by atoms with Crippen molar-refractivity contribution in [3.8, 4) is 17.3 Å². The number of para-hydroxylation sites is 2. The molecule has 3 aromatic rings. The summed E-state index contributed by atoms with van der Waals surface area (Å²) in [4.78, 5) is 2.19. The smallest absolute Gasteiger partial charge is 0.227 e. The Balaban J connectivity index is 1.90. The van der Waals surface area contributed by atoms with Gasteiger partial charge in [-0.25, -0.2) is 9.07 Å². The Morgan fingerprint density at radius 3 is 2.46 bits per heavy atom. The largest absolute Gasteiger partial charge is 0.435 e. The predicted molar refractivity (Wildman–Crippen MR) is 137 cm³/mol. The number of hydrogen-bond donors (Lipinski definition) is 1. The fraction of sp³-hybridized carbons (Fsp3) is 0.464. The molecule has 0 radical (unpaired) electrons. The van der Waals surface area contributed by atoms with Gasteiger partial charge in [0.1, 0.15) is 0 Å². The zero-order chi connectivity index (χ0) is 25.2. The van der Waals surface area contributed by atoms with E-state index in [-0.39, 0.29) is 5.75 Å². The molecule has 0 saturated heterocycles. The predicted octanol–water partition coefficient (Wildman–Crippen LogP) is 5.75. The number of unbranched alkanes of at least 4 members (excludes halogenated alkanes) is 1. The number of benzene rings is 2. The van der Waals surface area contributed by atoms with Crippen molar-refractivity contribution in [2.75, 3.05) is 26.3 Å². The molecule has 1 heterocycles. The SMILES string of the molecule is CCCCOCC(O)CN(Cc1c(C)nn(-c2ccccc2)c1Oc1ccccc1F)CC(C)C. The average molecular weight is 484 g/mol. The maximum absolute atomic E-state index is 14.5. The molecule has 3 rings (SSSR count). The van der Waals surface area contributed by atoms with Crippen LogP contribution in [0.5, 0.6) is 11.6 Å². The van der Waals surface area contributed by atoms with Crippen LogP contribution in [0.4, 0.5) is 4.39 Å². The van der Waals surface area contributed by atoms with Crippen molar-refractivity contribution in [2.24, 2.45) is 5.92 Å². The number of nitrogens with zero attached hydrogens (tertiary/aromatic N) is 3. The number of ether oxygens (including phenoxy) is 2. The van der Waals surface area contributed by atoms with Crippen LogP contribution in [-0.2, 0) is 11.3 Å². The normalized spacial score (nSPS) is 12.5. The molecule has 0 aliphatic rings. The van der Waals surface area contributed by atoms with Gasteiger partial charge in [0.2, 0.25) is 5.88 Å². The molecule has 0 fully saturated rings. The third-order valence-electron chi connectivity index (χ3n) is 5.61. The maximum atomic E-state index is 14.5. The van der Waals surface area contributed by atoms with Gasteiger partial charge in [-0.1, -0.05) is 57.5 Å². The van der Waals surface area contributed by atoms with E-state index in [0.29, 0.717) is 38.1 Å². The van der Waals surface area contributed by atoms with Gasteiger partial charge in [0, 0.05) is 26.2 Å². The molecule has 1 aromatic heterocycles. The molecule has 35 heavy (non-hydrogen) atoms. The molecule has 190 valence electrons. The molecule has 7 heteroatoms. The van der Waals surface area contributed by atoms with E-state index in [1.54, 1.807) is 22.9 Å². The number of aryl methyl sites for hydroxylation is 1. The van der Waals surface area contributed by atoms with Crippen LogP contribution in [0, 0.1) is 18.7 Å². The zero-order valence-corrected chi connectivity index (χ0v) is 21.3. The summed E-state index contributed by atoms with van der Waals surface area (Å²) in [6.07, 6.45) is 1.44. The Labute approximate surface area is 208 Å². The van der Waals surface area contributed by atoms with Crippen LogP contribution in [0.1, 0.15) is 44.9 Å². The van der Waals surface area contributed by atoms with E-state index >= 15 is 0 Å². The summed E-state index contributed by atoms with van der Waals surface area (Å²) < 4.78 is 28.0. The van der Waals surface area contributed by atoms with Gasteiger partial charge < -0.3 is 14.6 Å². The van der Waals surface area contributed by atoms with Gasteiger partial charge in [-0.15, -0.1) is 0 Å². The fourth-order valence-corrected chi connectivity index (χ4v) is 3.96. The minimum atomic E-state index is -0.606. The van der Waals surface area contributed by atoms with Gasteiger partial charge in [0.25, 0.3) is 0 Å². The first kappa shape index (κ1) is 26.9. The van der Waals surface area contributed by atoms with E-state index in [0.717, 1.165) is 36.3 Å². The van der Waals surface area contributed by atoms with Gasteiger partial charge in [0.15, 0.2) is 11.6 Å². The molecule has 0 aliphatic heterocycles. The van der Waals surface area contributed by atoms with E-state index in [1.807, 2.05) is 37.3 Å². The lowest BCUT2D eigenvalue weighted by molar-refractivity contribution is 0.0123. The highest BCUT2D eigenvalue weighted by molar-refractivity contribution is 5.43. The second kappa shape index (κ2) is 13.4. The molecular weight excluding hydrogens is 445 g/mol. The van der Waals surface area contributed by atoms with E-state index in [4.69, 9.17) is 14.6 Å². The topological polar surface area (TPSA) is 59.8 Å². The summed E-state index contributed by atoms with van der Waals surface area (Å²) in [7, 11) is 0. The molecule has 0 spiro atoms. The highest BCUT2D eigenvalue weighted by Crippen LogP contribution is 2.33. The summed E-state index contributed by atoms with van der Waals surface area (Å²) in [6.45, 7) is 11.0. The second-order valence-electron chi connectivity index (χ2n) is 9.32. The average Bonchev–Trinajstić information content (AvgIpc) is 3.13. The standard InChI is InChI=1S/C28H38FN3O3/c1-5-6-16-34-20-24(33)18-31(17-21(2)3)19-25-22(4)30-32(23-12-8-7-9-13-23)28(25)35-27-15-11-10-14-26(27)29/h7-15,21,24,33H,5-6,16-20H2,1-4H3. The lowest BCUT2D eigenvalue weighted by Crippen LogP contribution is -2.37. The molecule has 0 saturated carbocycles. The van der Waals surface area contributed by atoms with Crippen LogP contribution in [-0.4, -0.2) is 52.2 Å². The van der Waals surface area contributed by atoms with Crippen LogP contribution in [0.25, 0.3) is 5.69 Å². The second-order valence-corrected chi connectivity index (χ2v) is 9.32. The first-order valence-corrected chi connectivity index (χ1v) is 12.4. The Kier molecular flexibility index (Phi) is 10.3. The summed E-state index contributed by atoms with van der Waals surface area (Å²) in [5, 5.41) is 15.4. The van der Waals surface area contributed by atoms with Crippen LogP contribution < -0.4 is 4.74 Å². The van der Waals surface area contributed by atoms with Crippen molar-refractivity contribution in [1.29, 1.82) is 0 Å². The number of halogens is 1. The van der Waals surface area contributed by atoms with Crippen molar-refractivity contribution in [2.45, 2.75) is 53.2 Å². The van der Waals surface area contributed by atoms with Gasteiger partial charge >= 0.3 is 0 Å². The molecule has 1 N–H and O–H groups in total. The van der Waals surface area contributed by atoms with Crippen LogP contribution in [0.2, 0.25) is 0 Å². The molecule has 1 unspecified atom stereocenters. The molecule has 0 aliphatic carbocycles. The summed E-state index contributed by atoms with van der Waals surface area (Å²) in [5.41, 5.74) is 2.48. The van der Waals surface area contributed by atoms with Crippen molar-refractivity contribution >= 4 is 0 Å². The Morgan fingerprint density at radius 2 is 1.77 bits per heavy atom. The molecule has 2 aromatic carbocycles. The molecule has 6 nitrogen and oxygen atoms in total. The van der Waals surface area contributed by atoms with Gasteiger partial charge in [-0.05, 0) is 43.5 Å². The third kappa shape index (κ3) is 7.88. The van der Waals surface area contributed by atoms with Crippen molar-refractivity contribution < 1.29 is 19.0 Å². The van der Waals surface area contributed by atoms with Crippen LogP contribution in [0.15, 0.2) is 54.6 Å². The zero-order valence-electron chi connectivity index (χ0n) is 21.3. The number of rotatable bonds is 14. The highest BCUT2D eigenvalue weighted by Gasteiger charge is 2.23.